The molecule has 0 spiro atoms. The molecule has 0 N–H and O–H groups in total. The number of rotatable bonds is 4. The summed E-state index contributed by atoms with van der Waals surface area (Å²) in [5.41, 5.74) is 2.09. The average Bonchev–Trinajstić information content (AvgIpc) is 3.40. The molecule has 0 aliphatic carbocycles. The molecule has 0 saturated carbocycles. The monoisotopic (exact) mass is 528 g/mol. The van der Waals surface area contributed by atoms with Crippen LogP contribution in [0.25, 0.3) is 10.8 Å². The van der Waals surface area contributed by atoms with Crippen molar-refractivity contribution < 1.29 is 19.2 Å². The number of carbonyl (C=O) groups excluding carboxylic acids is 2. The number of hydroxylamine groups is 1. The minimum Gasteiger partial charge on any atom is -0.496 e. The molecular formula is C28H21BrN2O4. The zero-order chi connectivity index (χ0) is 24.1. The second-order valence-electron chi connectivity index (χ2n) is 8.55. The van der Waals surface area contributed by atoms with Crippen molar-refractivity contribution in [3.63, 3.8) is 0 Å². The summed E-state index contributed by atoms with van der Waals surface area (Å²) < 4.78 is 6.50. The molecule has 0 radical (unpaired) electrons. The van der Waals surface area contributed by atoms with Crippen LogP contribution in [-0.4, -0.2) is 25.0 Å². The van der Waals surface area contributed by atoms with E-state index in [0.717, 1.165) is 26.5 Å². The number of nitrogens with zero attached hydrogens (tertiary/aromatic N) is 2. The molecule has 4 aromatic rings. The maximum Gasteiger partial charge on any atom is 0.266 e. The highest BCUT2D eigenvalue weighted by Crippen LogP contribution is 2.50. The number of fused-ring (bicyclic) bond motifs is 2. The SMILES string of the molecule is COc1ccc(Br)cc1C1C2C(=O)N(c3cccc4ccccc34)C(=O)C2ON1c1ccccc1. The van der Waals surface area contributed by atoms with E-state index in [1.165, 1.54) is 4.90 Å². The van der Waals surface area contributed by atoms with Crippen LogP contribution >= 0.6 is 15.9 Å². The van der Waals surface area contributed by atoms with E-state index >= 15 is 0 Å². The van der Waals surface area contributed by atoms with Gasteiger partial charge >= 0.3 is 0 Å². The average molecular weight is 529 g/mol. The first-order valence-electron chi connectivity index (χ1n) is 11.3. The Labute approximate surface area is 210 Å². The highest BCUT2D eigenvalue weighted by molar-refractivity contribution is 9.10. The summed E-state index contributed by atoms with van der Waals surface area (Å²) in [5.74, 6) is -0.785. The summed E-state index contributed by atoms with van der Waals surface area (Å²) >= 11 is 3.55. The number of carbonyl (C=O) groups is 2. The topological polar surface area (TPSA) is 59.1 Å². The second kappa shape index (κ2) is 8.52. The first kappa shape index (κ1) is 21.8. The van der Waals surface area contributed by atoms with E-state index in [4.69, 9.17) is 9.57 Å². The van der Waals surface area contributed by atoms with Crippen LogP contribution < -0.4 is 14.7 Å². The summed E-state index contributed by atoms with van der Waals surface area (Å²) in [6.07, 6.45) is -0.949. The van der Waals surface area contributed by atoms with E-state index in [1.54, 1.807) is 12.2 Å². The van der Waals surface area contributed by atoms with Crippen LogP contribution in [0.2, 0.25) is 0 Å². The molecule has 6 rings (SSSR count). The lowest BCUT2D eigenvalue weighted by atomic mass is 9.90. The molecule has 2 aliphatic rings. The Morgan fingerprint density at radius 2 is 1.60 bits per heavy atom. The number of hydrogen-bond acceptors (Lipinski definition) is 5. The summed E-state index contributed by atoms with van der Waals surface area (Å²) in [5, 5.41) is 3.48. The Bertz CT molecular complexity index is 1450. The number of benzene rings is 4. The van der Waals surface area contributed by atoms with Crippen LogP contribution in [-0.2, 0) is 14.4 Å². The van der Waals surface area contributed by atoms with Gasteiger partial charge < -0.3 is 4.74 Å². The summed E-state index contributed by atoms with van der Waals surface area (Å²) in [6.45, 7) is 0. The van der Waals surface area contributed by atoms with Gasteiger partial charge in [-0.3, -0.25) is 14.4 Å². The van der Waals surface area contributed by atoms with Gasteiger partial charge in [0.25, 0.3) is 5.91 Å². The minimum atomic E-state index is -0.949. The van der Waals surface area contributed by atoms with Crippen LogP contribution in [0.5, 0.6) is 5.75 Å². The summed E-state index contributed by atoms with van der Waals surface area (Å²) in [6, 6.07) is 27.9. The van der Waals surface area contributed by atoms with Crippen molar-refractivity contribution >= 4 is 49.9 Å². The number of anilines is 2. The van der Waals surface area contributed by atoms with Crippen LogP contribution in [0.1, 0.15) is 11.6 Å². The predicted octanol–water partition coefficient (Wildman–Crippen LogP) is 5.66. The fraction of sp³-hybridized carbons (Fsp3) is 0.143. The highest BCUT2D eigenvalue weighted by atomic mass is 79.9. The third kappa shape index (κ3) is 3.42. The van der Waals surface area contributed by atoms with Crippen LogP contribution in [0.15, 0.2) is 95.5 Å². The molecule has 6 nitrogen and oxygen atoms in total. The van der Waals surface area contributed by atoms with Gasteiger partial charge in [0.15, 0.2) is 6.10 Å². The van der Waals surface area contributed by atoms with Crippen molar-refractivity contribution in [3.8, 4) is 5.75 Å². The molecule has 35 heavy (non-hydrogen) atoms. The van der Waals surface area contributed by atoms with Gasteiger partial charge in [0.2, 0.25) is 5.91 Å². The molecule has 0 bridgehead atoms. The number of ether oxygens (including phenoxy) is 1. The first-order chi connectivity index (χ1) is 17.1. The molecule has 0 aromatic heterocycles. The number of para-hydroxylation sites is 1. The number of methoxy groups -OCH3 is 1. The fourth-order valence-corrected chi connectivity index (χ4v) is 5.49. The molecule has 3 atom stereocenters. The number of amides is 2. The van der Waals surface area contributed by atoms with Gasteiger partial charge in [-0.25, -0.2) is 9.96 Å². The Kier molecular flexibility index (Phi) is 5.31. The molecule has 7 heteroatoms. The fourth-order valence-electron chi connectivity index (χ4n) is 5.11. The second-order valence-corrected chi connectivity index (χ2v) is 9.47. The van der Waals surface area contributed by atoms with Crippen molar-refractivity contribution in [2.24, 2.45) is 5.92 Å². The van der Waals surface area contributed by atoms with Crippen molar-refractivity contribution in [3.05, 3.63) is 101 Å². The van der Waals surface area contributed by atoms with Crippen molar-refractivity contribution in [2.45, 2.75) is 12.1 Å². The van der Waals surface area contributed by atoms with E-state index < -0.39 is 18.1 Å². The third-order valence-electron chi connectivity index (χ3n) is 6.64. The molecule has 2 aliphatic heterocycles. The zero-order valence-corrected chi connectivity index (χ0v) is 20.4. The maximum absolute atomic E-state index is 14.0. The van der Waals surface area contributed by atoms with Gasteiger partial charge in [-0.2, -0.15) is 0 Å². The van der Waals surface area contributed by atoms with Gasteiger partial charge in [-0.15, -0.1) is 0 Å². The molecule has 2 fully saturated rings. The highest BCUT2D eigenvalue weighted by Gasteiger charge is 2.61. The first-order valence-corrected chi connectivity index (χ1v) is 12.1. The Hall–Kier alpha value is -3.68. The molecular weight excluding hydrogens is 508 g/mol. The van der Waals surface area contributed by atoms with E-state index in [-0.39, 0.29) is 11.8 Å². The summed E-state index contributed by atoms with van der Waals surface area (Å²) in [7, 11) is 1.59. The molecule has 3 unspecified atom stereocenters. The Morgan fingerprint density at radius 1 is 0.857 bits per heavy atom. The lowest BCUT2D eigenvalue weighted by molar-refractivity contribution is -0.126. The molecule has 2 amide bonds. The Morgan fingerprint density at radius 3 is 2.40 bits per heavy atom. The smallest absolute Gasteiger partial charge is 0.266 e. The van der Waals surface area contributed by atoms with E-state index in [1.807, 2.05) is 91.0 Å². The largest absolute Gasteiger partial charge is 0.496 e. The predicted molar refractivity (Wildman–Crippen MR) is 137 cm³/mol. The lowest BCUT2D eigenvalue weighted by Crippen LogP contribution is -2.37. The van der Waals surface area contributed by atoms with E-state index in [0.29, 0.717) is 11.4 Å². The normalized spacial score (nSPS) is 21.6. The van der Waals surface area contributed by atoms with Crippen LogP contribution in [0.3, 0.4) is 0 Å². The van der Waals surface area contributed by atoms with E-state index in [2.05, 4.69) is 15.9 Å². The zero-order valence-electron chi connectivity index (χ0n) is 18.8. The minimum absolute atomic E-state index is 0.290. The third-order valence-corrected chi connectivity index (χ3v) is 7.14. The van der Waals surface area contributed by atoms with E-state index in [9.17, 15) is 9.59 Å². The molecule has 4 aromatic carbocycles. The molecule has 2 heterocycles. The number of imide groups is 1. The van der Waals surface area contributed by atoms with Gasteiger partial charge in [0, 0.05) is 15.4 Å². The lowest BCUT2D eigenvalue weighted by Gasteiger charge is -2.30. The van der Waals surface area contributed by atoms with Gasteiger partial charge in [-0.05, 0) is 41.8 Å². The molecule has 174 valence electrons. The van der Waals surface area contributed by atoms with Crippen molar-refractivity contribution in [1.82, 2.24) is 0 Å². The van der Waals surface area contributed by atoms with Crippen molar-refractivity contribution in [2.75, 3.05) is 17.1 Å². The maximum atomic E-state index is 14.0. The van der Waals surface area contributed by atoms with Gasteiger partial charge in [0.05, 0.1) is 24.5 Å². The van der Waals surface area contributed by atoms with Gasteiger partial charge in [0.1, 0.15) is 11.7 Å². The quantitative estimate of drug-likeness (QED) is 0.320. The molecule has 2 saturated heterocycles. The standard InChI is InChI=1S/C28H21BrN2O4/c1-34-23-15-14-18(29)16-21(23)25-24-26(35-31(25)19-10-3-2-4-11-19)28(33)30(27(24)32)22-13-7-9-17-8-5-6-12-20(17)22/h2-16,24-26H,1H3. The van der Waals surface area contributed by atoms with Crippen LogP contribution in [0.4, 0.5) is 11.4 Å². The Balaban J connectivity index is 1.50. The number of hydrogen-bond donors (Lipinski definition) is 0. The van der Waals surface area contributed by atoms with Crippen LogP contribution in [0, 0.1) is 5.92 Å². The van der Waals surface area contributed by atoms with Gasteiger partial charge in [-0.1, -0.05) is 70.5 Å². The summed E-state index contributed by atoms with van der Waals surface area (Å²) in [4.78, 5) is 35.3. The number of halogens is 1. The van der Waals surface area contributed by atoms with Crippen molar-refractivity contribution in [1.29, 1.82) is 0 Å².